The summed E-state index contributed by atoms with van der Waals surface area (Å²) >= 11 is 0. The summed E-state index contributed by atoms with van der Waals surface area (Å²) in [4.78, 5) is 9.36. The van der Waals surface area contributed by atoms with Crippen molar-refractivity contribution in [3.8, 4) is 0 Å². The number of anilines is 1. The Morgan fingerprint density at radius 1 is 1.29 bits per heavy atom. The van der Waals surface area contributed by atoms with Gasteiger partial charge in [-0.2, -0.15) is 0 Å². The van der Waals surface area contributed by atoms with E-state index in [9.17, 15) is 0 Å². The van der Waals surface area contributed by atoms with Crippen LogP contribution in [-0.2, 0) is 6.42 Å². The third kappa shape index (κ3) is 2.96. The van der Waals surface area contributed by atoms with Crippen LogP contribution < -0.4 is 5.32 Å². The van der Waals surface area contributed by atoms with Gasteiger partial charge in [0.25, 0.3) is 0 Å². The molecule has 0 aliphatic heterocycles. The molecule has 0 amide bonds. The molecule has 0 radical (unpaired) electrons. The van der Waals surface area contributed by atoms with E-state index in [1.54, 1.807) is 0 Å². The fourth-order valence-corrected chi connectivity index (χ4v) is 2.59. The maximum atomic E-state index is 4.70. The Bertz CT molecular complexity index is 376. The van der Waals surface area contributed by atoms with Gasteiger partial charge in [0.2, 0.25) is 0 Å². The van der Waals surface area contributed by atoms with Gasteiger partial charge in [-0.15, -0.1) is 0 Å². The van der Waals surface area contributed by atoms with E-state index >= 15 is 0 Å². The van der Waals surface area contributed by atoms with Gasteiger partial charge in [0.1, 0.15) is 11.6 Å². The molecule has 1 aromatic heterocycles. The first-order chi connectivity index (χ1) is 8.22. The summed E-state index contributed by atoms with van der Waals surface area (Å²) in [5.74, 6) is 3.46. The Balaban J connectivity index is 2.23. The highest BCUT2D eigenvalue weighted by Gasteiger charge is 2.25. The second-order valence-electron chi connectivity index (χ2n) is 5.10. The Morgan fingerprint density at radius 3 is 2.71 bits per heavy atom. The Labute approximate surface area is 104 Å². The molecule has 0 spiro atoms. The molecular weight excluding hydrogens is 210 g/mol. The highest BCUT2D eigenvalue weighted by Crippen LogP contribution is 2.36. The van der Waals surface area contributed by atoms with E-state index in [-0.39, 0.29) is 0 Å². The van der Waals surface area contributed by atoms with Crippen LogP contribution in [0.5, 0.6) is 0 Å². The minimum atomic E-state index is 0.578. The largest absolute Gasteiger partial charge is 0.370 e. The maximum absolute atomic E-state index is 4.70. The van der Waals surface area contributed by atoms with Gasteiger partial charge in [-0.25, -0.2) is 9.97 Å². The molecule has 2 atom stereocenters. The molecule has 1 aromatic rings. The van der Waals surface area contributed by atoms with E-state index in [1.807, 2.05) is 0 Å². The molecular formula is C14H23N3. The molecule has 0 bridgehead atoms. The van der Waals surface area contributed by atoms with E-state index in [0.29, 0.717) is 5.92 Å². The second kappa shape index (κ2) is 5.48. The average Bonchev–Trinajstić information content (AvgIpc) is 2.76. The number of hydrogen-bond acceptors (Lipinski definition) is 3. The van der Waals surface area contributed by atoms with Crippen molar-refractivity contribution in [2.24, 2.45) is 5.92 Å². The molecule has 1 aliphatic carbocycles. The van der Waals surface area contributed by atoms with Crippen molar-refractivity contribution < 1.29 is 0 Å². The van der Waals surface area contributed by atoms with Crippen molar-refractivity contribution in [1.29, 1.82) is 0 Å². The molecule has 1 N–H and O–H groups in total. The van der Waals surface area contributed by atoms with Crippen LogP contribution in [0.2, 0.25) is 0 Å². The van der Waals surface area contributed by atoms with Crippen LogP contribution >= 0.6 is 0 Å². The van der Waals surface area contributed by atoms with Crippen molar-refractivity contribution in [3.63, 3.8) is 0 Å². The molecule has 0 aromatic carbocycles. The third-order valence-corrected chi connectivity index (χ3v) is 3.58. The van der Waals surface area contributed by atoms with Crippen molar-refractivity contribution in [1.82, 2.24) is 9.97 Å². The van der Waals surface area contributed by atoms with Crippen LogP contribution in [0.15, 0.2) is 6.07 Å². The first kappa shape index (κ1) is 12.3. The lowest BCUT2D eigenvalue weighted by Gasteiger charge is -2.12. The lowest BCUT2D eigenvalue weighted by atomic mass is 10.1. The summed E-state index contributed by atoms with van der Waals surface area (Å²) < 4.78 is 0. The Hall–Kier alpha value is -1.12. The smallest absolute Gasteiger partial charge is 0.134 e. The van der Waals surface area contributed by atoms with Crippen molar-refractivity contribution in [2.75, 3.05) is 11.9 Å². The van der Waals surface area contributed by atoms with E-state index in [4.69, 9.17) is 4.98 Å². The predicted molar refractivity (Wildman–Crippen MR) is 71.3 cm³/mol. The molecule has 94 valence electrons. The van der Waals surface area contributed by atoms with Crippen LogP contribution in [0.25, 0.3) is 0 Å². The van der Waals surface area contributed by atoms with Crippen molar-refractivity contribution in [3.05, 3.63) is 17.6 Å². The summed E-state index contributed by atoms with van der Waals surface area (Å²) in [5.41, 5.74) is 1.16. The summed E-state index contributed by atoms with van der Waals surface area (Å²) in [6, 6.07) is 2.07. The summed E-state index contributed by atoms with van der Waals surface area (Å²) in [6.45, 7) is 7.50. The van der Waals surface area contributed by atoms with Gasteiger partial charge in [0.15, 0.2) is 0 Å². The van der Waals surface area contributed by atoms with Gasteiger partial charge >= 0.3 is 0 Å². The molecule has 1 aliphatic rings. The zero-order chi connectivity index (χ0) is 12.3. The highest BCUT2D eigenvalue weighted by atomic mass is 15.0. The molecule has 1 heterocycles. The molecule has 3 heteroatoms. The van der Waals surface area contributed by atoms with Gasteiger partial charge in [0.05, 0.1) is 0 Å². The lowest BCUT2D eigenvalue weighted by Crippen LogP contribution is -2.08. The van der Waals surface area contributed by atoms with Crippen LogP contribution in [-0.4, -0.2) is 16.5 Å². The van der Waals surface area contributed by atoms with E-state index in [2.05, 4.69) is 37.1 Å². The maximum Gasteiger partial charge on any atom is 0.134 e. The summed E-state index contributed by atoms with van der Waals surface area (Å²) in [6.07, 6.45) is 4.80. The van der Waals surface area contributed by atoms with Gasteiger partial charge in [0, 0.05) is 24.2 Å². The number of aromatic nitrogens is 2. The Kier molecular flexibility index (Phi) is 3.97. The highest BCUT2D eigenvalue weighted by molar-refractivity contribution is 5.36. The van der Waals surface area contributed by atoms with Gasteiger partial charge in [-0.1, -0.05) is 13.8 Å². The SMILES string of the molecule is CCNc1cc(CC)nc(C2CCC(C)C2)n1. The summed E-state index contributed by atoms with van der Waals surface area (Å²) in [7, 11) is 0. The third-order valence-electron chi connectivity index (χ3n) is 3.58. The van der Waals surface area contributed by atoms with Crippen LogP contribution in [0, 0.1) is 5.92 Å². The quantitative estimate of drug-likeness (QED) is 0.866. The summed E-state index contributed by atoms with van der Waals surface area (Å²) in [5, 5.41) is 3.31. The molecule has 1 fully saturated rings. The normalized spacial score (nSPS) is 23.9. The number of nitrogens with one attached hydrogen (secondary N) is 1. The number of aryl methyl sites for hydroxylation is 1. The minimum Gasteiger partial charge on any atom is -0.370 e. The van der Waals surface area contributed by atoms with Gasteiger partial charge in [-0.05, 0) is 38.5 Å². The average molecular weight is 233 g/mol. The molecule has 0 saturated heterocycles. The second-order valence-corrected chi connectivity index (χ2v) is 5.10. The topological polar surface area (TPSA) is 37.8 Å². The molecule has 1 saturated carbocycles. The van der Waals surface area contributed by atoms with E-state index in [1.165, 1.54) is 19.3 Å². The standard InChI is InChI=1S/C14H23N3/c1-4-12-9-13(15-5-2)17-14(16-12)11-7-6-10(3)8-11/h9-11H,4-8H2,1-3H3,(H,15,16,17). The zero-order valence-corrected chi connectivity index (χ0v) is 11.2. The zero-order valence-electron chi connectivity index (χ0n) is 11.2. The number of rotatable bonds is 4. The predicted octanol–water partition coefficient (Wildman–Crippen LogP) is 3.37. The molecule has 3 nitrogen and oxygen atoms in total. The minimum absolute atomic E-state index is 0.578. The van der Waals surface area contributed by atoms with Crippen molar-refractivity contribution in [2.45, 2.75) is 52.4 Å². The van der Waals surface area contributed by atoms with Gasteiger partial charge < -0.3 is 5.32 Å². The monoisotopic (exact) mass is 233 g/mol. The molecule has 2 unspecified atom stereocenters. The number of nitrogens with zero attached hydrogens (tertiary/aromatic N) is 2. The molecule has 2 rings (SSSR count). The first-order valence-corrected chi connectivity index (χ1v) is 6.84. The Morgan fingerprint density at radius 2 is 2.12 bits per heavy atom. The van der Waals surface area contributed by atoms with Crippen LogP contribution in [0.4, 0.5) is 5.82 Å². The van der Waals surface area contributed by atoms with E-state index < -0.39 is 0 Å². The lowest BCUT2D eigenvalue weighted by molar-refractivity contribution is 0.584. The van der Waals surface area contributed by atoms with Gasteiger partial charge in [-0.3, -0.25) is 0 Å². The van der Waals surface area contributed by atoms with Crippen LogP contribution in [0.3, 0.4) is 0 Å². The number of hydrogen-bond donors (Lipinski definition) is 1. The van der Waals surface area contributed by atoms with Crippen molar-refractivity contribution >= 4 is 5.82 Å². The van der Waals surface area contributed by atoms with Crippen LogP contribution in [0.1, 0.15) is 57.5 Å². The fourth-order valence-electron chi connectivity index (χ4n) is 2.59. The molecule has 17 heavy (non-hydrogen) atoms. The fraction of sp³-hybridized carbons (Fsp3) is 0.714. The first-order valence-electron chi connectivity index (χ1n) is 6.84. The van der Waals surface area contributed by atoms with E-state index in [0.717, 1.165) is 36.2 Å².